The molecule has 0 bridgehead atoms. The van der Waals surface area contributed by atoms with E-state index in [0.29, 0.717) is 56.9 Å². The number of carbonyl (C=O) groups is 3. The van der Waals surface area contributed by atoms with Gasteiger partial charge < -0.3 is 20.3 Å². The molecule has 2 aliphatic heterocycles. The number of anilines is 3. The Kier molecular flexibility index (Phi) is 6.64. The van der Waals surface area contributed by atoms with Crippen LogP contribution in [0.4, 0.5) is 21.9 Å². The number of benzene rings is 1. The van der Waals surface area contributed by atoms with Crippen molar-refractivity contribution in [1.82, 2.24) is 20.2 Å². The van der Waals surface area contributed by atoms with E-state index in [1.807, 2.05) is 31.2 Å². The third-order valence-corrected chi connectivity index (χ3v) is 8.06. The van der Waals surface area contributed by atoms with E-state index < -0.39 is 0 Å². The second-order valence-electron chi connectivity index (χ2n) is 9.60. The maximum Gasteiger partial charge on any atom is 0.331 e. The van der Waals surface area contributed by atoms with Gasteiger partial charge in [0.05, 0.1) is 22.4 Å². The largest absolute Gasteiger partial charge is 0.439 e. The minimum atomic E-state index is -0.380. The molecular weight excluding hydrogens is 528 g/mol. The lowest BCUT2D eigenvalue weighted by Gasteiger charge is -2.32. The Morgan fingerprint density at radius 2 is 2.05 bits per heavy atom. The molecule has 0 unspecified atom stereocenters. The molecule has 0 saturated carbocycles. The van der Waals surface area contributed by atoms with Crippen LogP contribution in [-0.4, -0.2) is 51.8 Å². The molecule has 5 heterocycles. The summed E-state index contributed by atoms with van der Waals surface area (Å²) in [6.45, 7) is 6.51. The van der Waals surface area contributed by atoms with Crippen LogP contribution in [0.3, 0.4) is 0 Å². The summed E-state index contributed by atoms with van der Waals surface area (Å²) in [5, 5.41) is 6.69. The minimum Gasteiger partial charge on any atom is -0.439 e. The van der Waals surface area contributed by atoms with Gasteiger partial charge in [-0.15, -0.1) is 11.3 Å². The fourth-order valence-corrected chi connectivity index (χ4v) is 6.15. The van der Waals surface area contributed by atoms with E-state index in [1.54, 1.807) is 40.4 Å². The van der Waals surface area contributed by atoms with Crippen LogP contribution in [0.5, 0.6) is 11.6 Å². The van der Waals surface area contributed by atoms with Gasteiger partial charge in [0.1, 0.15) is 15.5 Å². The number of urea groups is 1. The first kappa shape index (κ1) is 25.5. The van der Waals surface area contributed by atoms with E-state index in [9.17, 15) is 14.4 Å². The number of hydrogen-bond donors (Lipinski definition) is 2. The Bertz CT molecular complexity index is 1650. The number of piperidine rings is 1. The Morgan fingerprint density at radius 3 is 2.83 bits per heavy atom. The highest BCUT2D eigenvalue weighted by Crippen LogP contribution is 2.46. The fraction of sp³-hybridized carbons (Fsp3) is 0.207. The second-order valence-corrected chi connectivity index (χ2v) is 10.6. The Balaban J connectivity index is 1.29. The Morgan fingerprint density at radius 1 is 1.18 bits per heavy atom. The average molecular weight is 555 g/mol. The van der Waals surface area contributed by atoms with Crippen LogP contribution in [0, 0.1) is 6.92 Å². The smallest absolute Gasteiger partial charge is 0.331 e. The van der Waals surface area contributed by atoms with Crippen molar-refractivity contribution in [1.29, 1.82) is 0 Å². The van der Waals surface area contributed by atoms with E-state index in [-0.39, 0.29) is 23.9 Å². The average Bonchev–Trinajstić information content (AvgIpc) is 3.33. The van der Waals surface area contributed by atoms with Crippen LogP contribution >= 0.6 is 11.3 Å². The van der Waals surface area contributed by atoms with Crippen molar-refractivity contribution in [2.24, 2.45) is 0 Å². The maximum absolute atomic E-state index is 13.5. The number of carbonyl (C=O) groups excluding carboxylic acids is 3. The van der Waals surface area contributed by atoms with E-state index >= 15 is 0 Å². The van der Waals surface area contributed by atoms with E-state index in [2.05, 4.69) is 27.2 Å². The number of thiophene rings is 1. The van der Waals surface area contributed by atoms with Crippen molar-refractivity contribution >= 4 is 56.5 Å². The van der Waals surface area contributed by atoms with Crippen molar-refractivity contribution in [3.8, 4) is 11.6 Å². The zero-order valence-electron chi connectivity index (χ0n) is 21.7. The molecule has 4 aromatic rings. The van der Waals surface area contributed by atoms with Crippen LogP contribution in [0.1, 0.15) is 28.1 Å². The van der Waals surface area contributed by atoms with Gasteiger partial charge in [0.15, 0.2) is 0 Å². The fourth-order valence-electron chi connectivity index (χ4n) is 5.13. The number of amides is 4. The summed E-state index contributed by atoms with van der Waals surface area (Å²) in [4.78, 5) is 52.0. The molecule has 2 N–H and O–H groups in total. The topological polar surface area (TPSA) is 117 Å². The molecule has 1 fully saturated rings. The molecule has 3 aromatic heterocycles. The molecule has 2 aliphatic rings. The molecule has 0 spiro atoms. The van der Waals surface area contributed by atoms with Gasteiger partial charge in [0.25, 0.3) is 5.91 Å². The number of aromatic nitrogens is 2. The lowest BCUT2D eigenvalue weighted by atomic mass is 10.1. The lowest BCUT2D eigenvalue weighted by Crippen LogP contribution is -2.49. The van der Waals surface area contributed by atoms with E-state index in [1.165, 1.54) is 17.4 Å². The number of likely N-dealkylation sites (tertiary alicyclic amines) is 1. The molecule has 10 nitrogen and oxygen atoms in total. The summed E-state index contributed by atoms with van der Waals surface area (Å²) in [6, 6.07) is 12.1. The molecule has 4 amide bonds. The molecule has 202 valence electrons. The van der Waals surface area contributed by atoms with Gasteiger partial charge in [-0.1, -0.05) is 12.6 Å². The normalized spacial score (nSPS) is 16.4. The minimum absolute atomic E-state index is 0.149. The first-order valence-corrected chi connectivity index (χ1v) is 13.7. The molecule has 0 aliphatic carbocycles. The van der Waals surface area contributed by atoms with Gasteiger partial charge >= 0.3 is 6.03 Å². The summed E-state index contributed by atoms with van der Waals surface area (Å²) < 4.78 is 5.85. The van der Waals surface area contributed by atoms with Gasteiger partial charge in [-0.2, -0.15) is 0 Å². The van der Waals surface area contributed by atoms with Gasteiger partial charge in [-0.05, 0) is 61.7 Å². The van der Waals surface area contributed by atoms with Crippen molar-refractivity contribution in [2.45, 2.75) is 25.8 Å². The van der Waals surface area contributed by atoms with Crippen LogP contribution in [0.25, 0.3) is 10.2 Å². The van der Waals surface area contributed by atoms with Gasteiger partial charge in [0, 0.05) is 37.6 Å². The van der Waals surface area contributed by atoms with Crippen molar-refractivity contribution in [3.63, 3.8) is 0 Å². The number of nitrogens with one attached hydrogen (secondary N) is 2. The first-order chi connectivity index (χ1) is 19.4. The van der Waals surface area contributed by atoms with E-state index in [4.69, 9.17) is 4.74 Å². The Hall–Kier alpha value is -4.77. The highest BCUT2D eigenvalue weighted by Gasteiger charge is 2.34. The zero-order chi connectivity index (χ0) is 27.8. The Labute approximate surface area is 234 Å². The van der Waals surface area contributed by atoms with Gasteiger partial charge in [-0.3, -0.25) is 14.5 Å². The maximum atomic E-state index is 13.5. The summed E-state index contributed by atoms with van der Waals surface area (Å²) in [5.74, 6) is 0.623. The molecule has 6 rings (SSSR count). The van der Waals surface area contributed by atoms with Crippen molar-refractivity contribution in [3.05, 3.63) is 78.0 Å². The molecule has 1 atom stereocenters. The predicted octanol–water partition coefficient (Wildman–Crippen LogP) is 5.38. The highest BCUT2D eigenvalue weighted by molar-refractivity contribution is 7.21. The predicted molar refractivity (Wildman–Crippen MR) is 154 cm³/mol. The molecular formula is C29H26N6O4S. The van der Waals surface area contributed by atoms with Crippen LogP contribution in [0.15, 0.2) is 67.5 Å². The summed E-state index contributed by atoms with van der Waals surface area (Å²) in [5.41, 5.74) is 2.59. The third-order valence-electron chi connectivity index (χ3n) is 6.96. The SMILES string of the molecule is C=CC(=O)N1CCC[C@@H](NC(=O)c2sc3nccc4c3c2NC(=O)N4c2ccc(Oc3ccccn3)cc2C)C1. The van der Waals surface area contributed by atoms with E-state index in [0.717, 1.165) is 18.4 Å². The summed E-state index contributed by atoms with van der Waals surface area (Å²) >= 11 is 1.23. The summed E-state index contributed by atoms with van der Waals surface area (Å²) in [6.07, 6.45) is 6.13. The number of hydrogen-bond acceptors (Lipinski definition) is 7. The standard InChI is InChI=1S/C29H26N6O4S/c1-3-23(36)34-14-6-7-18(16-34)32-27(37)26-25-24-21(11-13-31-28(24)40-26)35(29(38)33-25)20-10-9-19(15-17(20)2)39-22-8-4-5-12-30-22/h3-5,8-13,15,18H,1,6-7,14,16H2,2H3,(H,32,37)(H,33,38)/t18-/m1/s1. The second kappa shape index (κ2) is 10.4. The zero-order valence-corrected chi connectivity index (χ0v) is 22.5. The molecule has 40 heavy (non-hydrogen) atoms. The van der Waals surface area contributed by atoms with Gasteiger partial charge in [-0.25, -0.2) is 14.8 Å². The molecule has 11 heteroatoms. The monoisotopic (exact) mass is 554 g/mol. The highest BCUT2D eigenvalue weighted by atomic mass is 32.1. The number of aryl methyl sites for hydroxylation is 1. The summed E-state index contributed by atoms with van der Waals surface area (Å²) in [7, 11) is 0. The lowest BCUT2D eigenvalue weighted by molar-refractivity contribution is -0.127. The van der Waals surface area contributed by atoms with Crippen molar-refractivity contribution in [2.75, 3.05) is 23.3 Å². The molecule has 0 radical (unpaired) electrons. The number of rotatable bonds is 6. The van der Waals surface area contributed by atoms with Crippen LogP contribution in [-0.2, 0) is 4.79 Å². The van der Waals surface area contributed by atoms with Gasteiger partial charge in [0.2, 0.25) is 11.8 Å². The van der Waals surface area contributed by atoms with Crippen LogP contribution < -0.4 is 20.3 Å². The quantitative estimate of drug-likeness (QED) is 0.309. The van der Waals surface area contributed by atoms with Crippen LogP contribution in [0.2, 0.25) is 0 Å². The molecule has 1 saturated heterocycles. The number of pyridine rings is 2. The number of ether oxygens (including phenoxy) is 1. The van der Waals surface area contributed by atoms with Crippen molar-refractivity contribution < 1.29 is 19.1 Å². The number of nitrogens with zero attached hydrogens (tertiary/aromatic N) is 4. The first-order valence-electron chi connectivity index (χ1n) is 12.9. The third kappa shape index (κ3) is 4.64. The molecule has 1 aromatic carbocycles.